The van der Waals surface area contributed by atoms with Crippen LogP contribution < -0.4 is 10.5 Å². The molecule has 94 valence electrons. The number of nitrogens with zero attached hydrogens (tertiary/aromatic N) is 2. The second kappa shape index (κ2) is 4.40. The molecule has 6 heteroatoms. The Kier molecular flexibility index (Phi) is 2.87. The van der Waals surface area contributed by atoms with Gasteiger partial charge in [0, 0.05) is 11.4 Å². The van der Waals surface area contributed by atoms with Gasteiger partial charge in [0.05, 0.1) is 17.9 Å². The highest BCUT2D eigenvalue weighted by Crippen LogP contribution is 2.37. The molecule has 0 radical (unpaired) electrons. The Morgan fingerprint density at radius 2 is 2.44 bits per heavy atom. The minimum absolute atomic E-state index is 0.218. The Morgan fingerprint density at radius 3 is 3.28 bits per heavy atom. The van der Waals surface area contributed by atoms with E-state index in [1.165, 1.54) is 10.4 Å². The highest BCUT2D eigenvalue weighted by Gasteiger charge is 2.26. The van der Waals surface area contributed by atoms with E-state index < -0.39 is 0 Å². The van der Waals surface area contributed by atoms with Crippen molar-refractivity contribution in [2.75, 3.05) is 11.4 Å². The van der Waals surface area contributed by atoms with Crippen LogP contribution in [-0.4, -0.2) is 16.7 Å². The van der Waals surface area contributed by atoms with Crippen LogP contribution in [0.1, 0.15) is 23.4 Å². The molecule has 0 aromatic carbocycles. The third-order valence-electron chi connectivity index (χ3n) is 3.36. The van der Waals surface area contributed by atoms with E-state index in [1.807, 2.05) is 0 Å². The highest BCUT2D eigenvalue weighted by atomic mass is 35.5. The summed E-state index contributed by atoms with van der Waals surface area (Å²) in [6.07, 6.45) is 2.61. The van der Waals surface area contributed by atoms with E-state index in [-0.39, 0.29) is 16.6 Å². The molecule has 1 N–H and O–H groups in total. The van der Waals surface area contributed by atoms with Gasteiger partial charge in [-0.15, -0.1) is 11.3 Å². The molecule has 0 saturated carbocycles. The summed E-state index contributed by atoms with van der Waals surface area (Å²) < 4.78 is 0. The molecular formula is C12H12ClN3OS. The Hall–Kier alpha value is -1.33. The van der Waals surface area contributed by atoms with Gasteiger partial charge in [0.2, 0.25) is 0 Å². The summed E-state index contributed by atoms with van der Waals surface area (Å²) in [6.45, 7) is 2.99. The molecule has 0 amide bonds. The van der Waals surface area contributed by atoms with Gasteiger partial charge < -0.3 is 4.90 Å². The summed E-state index contributed by atoms with van der Waals surface area (Å²) in [5, 5.41) is 8.51. The molecule has 2 aromatic heterocycles. The molecule has 3 heterocycles. The lowest BCUT2D eigenvalue weighted by Gasteiger charge is -2.35. The largest absolute Gasteiger partial charge is 0.362 e. The summed E-state index contributed by atoms with van der Waals surface area (Å²) >= 11 is 7.86. The zero-order valence-electron chi connectivity index (χ0n) is 9.81. The van der Waals surface area contributed by atoms with Crippen molar-refractivity contribution in [3.8, 4) is 0 Å². The van der Waals surface area contributed by atoms with Crippen LogP contribution in [0.5, 0.6) is 0 Å². The van der Waals surface area contributed by atoms with E-state index in [0.29, 0.717) is 5.69 Å². The summed E-state index contributed by atoms with van der Waals surface area (Å²) in [5.74, 6) is 0. The first kappa shape index (κ1) is 11.7. The maximum atomic E-state index is 11.5. The minimum atomic E-state index is -0.336. The van der Waals surface area contributed by atoms with E-state index in [9.17, 15) is 4.79 Å². The van der Waals surface area contributed by atoms with E-state index >= 15 is 0 Å². The van der Waals surface area contributed by atoms with Crippen LogP contribution in [-0.2, 0) is 6.42 Å². The van der Waals surface area contributed by atoms with Crippen molar-refractivity contribution < 1.29 is 0 Å². The molecule has 4 nitrogen and oxygen atoms in total. The fourth-order valence-electron chi connectivity index (χ4n) is 2.41. The molecule has 1 atom stereocenters. The maximum Gasteiger partial charge on any atom is 0.285 e. The van der Waals surface area contributed by atoms with Crippen LogP contribution >= 0.6 is 22.9 Å². The number of H-pyrrole nitrogens is 1. The first-order valence-electron chi connectivity index (χ1n) is 5.74. The van der Waals surface area contributed by atoms with Crippen molar-refractivity contribution in [3.63, 3.8) is 0 Å². The van der Waals surface area contributed by atoms with Gasteiger partial charge in [0.25, 0.3) is 5.56 Å². The lowest BCUT2D eigenvalue weighted by Crippen LogP contribution is -2.34. The van der Waals surface area contributed by atoms with Crippen LogP contribution in [0.3, 0.4) is 0 Å². The number of aromatic nitrogens is 2. The summed E-state index contributed by atoms with van der Waals surface area (Å²) in [4.78, 5) is 15.1. The smallest absolute Gasteiger partial charge is 0.285 e. The lowest BCUT2D eigenvalue weighted by molar-refractivity contribution is 0.630. The number of anilines is 1. The van der Waals surface area contributed by atoms with Crippen LogP contribution in [0.4, 0.5) is 5.69 Å². The van der Waals surface area contributed by atoms with E-state index in [1.54, 1.807) is 17.5 Å². The zero-order chi connectivity index (χ0) is 12.7. The van der Waals surface area contributed by atoms with Gasteiger partial charge in [-0.2, -0.15) is 5.10 Å². The van der Waals surface area contributed by atoms with Gasteiger partial charge in [-0.1, -0.05) is 11.6 Å². The van der Waals surface area contributed by atoms with E-state index in [2.05, 4.69) is 33.5 Å². The predicted octanol–water partition coefficient (Wildman–Crippen LogP) is 2.61. The average molecular weight is 282 g/mol. The molecule has 3 rings (SSSR count). The Bertz CT molecular complexity index is 636. The Morgan fingerprint density at radius 1 is 1.61 bits per heavy atom. The fourth-order valence-corrected chi connectivity index (χ4v) is 3.58. The monoisotopic (exact) mass is 281 g/mol. The van der Waals surface area contributed by atoms with Gasteiger partial charge in [-0.25, -0.2) is 5.10 Å². The molecule has 0 saturated heterocycles. The topological polar surface area (TPSA) is 49.0 Å². The number of thiophene rings is 1. The fraction of sp³-hybridized carbons (Fsp3) is 0.333. The average Bonchev–Trinajstić information content (AvgIpc) is 2.83. The predicted molar refractivity (Wildman–Crippen MR) is 73.7 cm³/mol. The number of hydrogen-bond donors (Lipinski definition) is 1. The Balaban J connectivity index is 2.04. The van der Waals surface area contributed by atoms with E-state index in [4.69, 9.17) is 11.6 Å². The van der Waals surface area contributed by atoms with Crippen molar-refractivity contribution >= 4 is 28.6 Å². The molecular weight excluding hydrogens is 270 g/mol. The first-order valence-corrected chi connectivity index (χ1v) is 7.00. The first-order chi connectivity index (χ1) is 8.68. The van der Waals surface area contributed by atoms with Gasteiger partial charge in [0.1, 0.15) is 5.02 Å². The third kappa shape index (κ3) is 1.74. The number of aromatic amines is 1. The van der Waals surface area contributed by atoms with Gasteiger partial charge in [-0.3, -0.25) is 4.79 Å². The quantitative estimate of drug-likeness (QED) is 0.874. The molecule has 0 aliphatic carbocycles. The van der Waals surface area contributed by atoms with Gasteiger partial charge in [-0.05, 0) is 30.4 Å². The van der Waals surface area contributed by atoms with Crippen molar-refractivity contribution in [1.29, 1.82) is 0 Å². The van der Waals surface area contributed by atoms with Crippen LogP contribution in [0.15, 0.2) is 22.4 Å². The van der Waals surface area contributed by atoms with Crippen molar-refractivity contribution in [2.24, 2.45) is 0 Å². The van der Waals surface area contributed by atoms with E-state index in [0.717, 1.165) is 13.0 Å². The molecule has 1 aliphatic rings. The van der Waals surface area contributed by atoms with Gasteiger partial charge >= 0.3 is 0 Å². The number of nitrogens with one attached hydrogen (secondary N) is 1. The van der Waals surface area contributed by atoms with Crippen molar-refractivity contribution in [2.45, 2.75) is 19.4 Å². The molecule has 0 fully saturated rings. The summed E-state index contributed by atoms with van der Waals surface area (Å²) in [6, 6.07) is 2.37. The normalized spacial score (nSPS) is 18.8. The zero-order valence-corrected chi connectivity index (χ0v) is 11.4. The van der Waals surface area contributed by atoms with Gasteiger partial charge in [0.15, 0.2) is 0 Å². The second-order valence-corrected chi connectivity index (χ2v) is 5.70. The van der Waals surface area contributed by atoms with Crippen LogP contribution in [0.2, 0.25) is 5.02 Å². The third-order valence-corrected chi connectivity index (χ3v) is 4.73. The van der Waals surface area contributed by atoms with Crippen LogP contribution in [0, 0.1) is 0 Å². The maximum absolute atomic E-state index is 11.5. The Labute approximate surface area is 113 Å². The highest BCUT2D eigenvalue weighted by molar-refractivity contribution is 7.10. The summed E-state index contributed by atoms with van der Waals surface area (Å²) in [7, 11) is 0. The molecule has 1 unspecified atom stereocenters. The van der Waals surface area contributed by atoms with Crippen molar-refractivity contribution in [3.05, 3.63) is 43.5 Å². The molecule has 0 spiro atoms. The van der Waals surface area contributed by atoms with Crippen molar-refractivity contribution in [1.82, 2.24) is 10.2 Å². The number of hydrogen-bond acceptors (Lipinski definition) is 4. The standard InChI is InChI=1S/C12H12ClN3OS/c1-7-8-3-5-18-10(8)2-4-16(7)9-6-14-15-12(17)11(9)13/h3,5-7H,2,4H2,1H3,(H,15,17). The molecule has 0 bridgehead atoms. The number of rotatable bonds is 1. The number of halogens is 1. The number of fused-ring (bicyclic) bond motifs is 1. The second-order valence-electron chi connectivity index (χ2n) is 4.32. The summed E-state index contributed by atoms with van der Waals surface area (Å²) in [5.41, 5.74) is 1.70. The molecule has 18 heavy (non-hydrogen) atoms. The SMILES string of the molecule is CC1c2ccsc2CCN1c1cn[nH]c(=O)c1Cl. The lowest BCUT2D eigenvalue weighted by atomic mass is 10.0. The minimum Gasteiger partial charge on any atom is -0.362 e. The van der Waals surface area contributed by atoms with Crippen LogP contribution in [0.25, 0.3) is 0 Å². The molecule has 2 aromatic rings. The molecule has 1 aliphatic heterocycles.